The molecule has 1 aromatic heterocycles. The molecule has 0 amide bonds. The minimum Gasteiger partial charge on any atom is -0.474 e. The molecule has 1 saturated carbocycles. The smallest absolute Gasteiger partial charge is 0.213 e. The van der Waals surface area contributed by atoms with Crippen LogP contribution in [0.4, 0.5) is 0 Å². The predicted octanol–water partition coefficient (Wildman–Crippen LogP) is 4.49. The maximum Gasteiger partial charge on any atom is 0.213 e. The van der Waals surface area contributed by atoms with Crippen LogP contribution in [0.15, 0.2) is 18.3 Å². The Bertz CT molecular complexity index is 435. The zero-order valence-electron chi connectivity index (χ0n) is 14.0. The van der Waals surface area contributed by atoms with E-state index in [0.717, 1.165) is 31.7 Å². The van der Waals surface area contributed by atoms with Gasteiger partial charge < -0.3 is 10.1 Å². The average Bonchev–Trinajstić information content (AvgIpc) is 2.47. The van der Waals surface area contributed by atoms with Crippen molar-refractivity contribution in [2.24, 2.45) is 5.41 Å². The van der Waals surface area contributed by atoms with Crippen LogP contribution in [0.5, 0.6) is 5.88 Å². The average molecular weight is 290 g/mol. The van der Waals surface area contributed by atoms with Crippen LogP contribution in [-0.2, 0) is 0 Å². The van der Waals surface area contributed by atoms with Gasteiger partial charge in [-0.15, -0.1) is 0 Å². The van der Waals surface area contributed by atoms with E-state index in [1.807, 2.05) is 6.20 Å². The van der Waals surface area contributed by atoms with Gasteiger partial charge in [-0.2, -0.15) is 0 Å². The molecule has 21 heavy (non-hydrogen) atoms. The van der Waals surface area contributed by atoms with Crippen LogP contribution < -0.4 is 10.1 Å². The molecule has 1 unspecified atom stereocenters. The fourth-order valence-electron chi connectivity index (χ4n) is 2.90. The Balaban J connectivity index is 1.92. The first-order chi connectivity index (χ1) is 10.00. The fourth-order valence-corrected chi connectivity index (χ4v) is 2.90. The van der Waals surface area contributed by atoms with Crippen molar-refractivity contribution >= 4 is 0 Å². The molecule has 1 aliphatic rings. The Labute approximate surface area is 129 Å². The van der Waals surface area contributed by atoms with Crippen LogP contribution in [0.1, 0.15) is 71.4 Å². The van der Waals surface area contributed by atoms with Crippen molar-refractivity contribution in [2.75, 3.05) is 6.54 Å². The lowest BCUT2D eigenvalue weighted by Crippen LogP contribution is -2.28. The summed E-state index contributed by atoms with van der Waals surface area (Å²) < 4.78 is 6.11. The monoisotopic (exact) mass is 290 g/mol. The maximum atomic E-state index is 6.11. The zero-order valence-corrected chi connectivity index (χ0v) is 14.0. The number of ether oxygens (including phenoxy) is 1. The molecule has 0 spiro atoms. The first-order valence-electron chi connectivity index (χ1n) is 8.36. The first kappa shape index (κ1) is 16.3. The Morgan fingerprint density at radius 3 is 2.76 bits per heavy atom. The molecule has 0 bridgehead atoms. The number of hydrogen-bond donors (Lipinski definition) is 1. The van der Waals surface area contributed by atoms with Gasteiger partial charge in [0.15, 0.2) is 0 Å². The fraction of sp³-hybridized carbons (Fsp3) is 0.722. The second kappa shape index (κ2) is 7.26. The van der Waals surface area contributed by atoms with E-state index in [2.05, 4.69) is 50.1 Å². The highest BCUT2D eigenvalue weighted by Gasteiger charge is 2.28. The highest BCUT2D eigenvalue weighted by molar-refractivity contribution is 5.23. The first-order valence-corrected chi connectivity index (χ1v) is 8.36. The molecule has 1 aliphatic carbocycles. The van der Waals surface area contributed by atoms with Crippen molar-refractivity contribution in [1.82, 2.24) is 10.3 Å². The quantitative estimate of drug-likeness (QED) is 0.838. The summed E-state index contributed by atoms with van der Waals surface area (Å²) in [6, 6.07) is 4.51. The van der Waals surface area contributed by atoms with E-state index in [-0.39, 0.29) is 0 Å². The van der Waals surface area contributed by atoms with Crippen LogP contribution >= 0.6 is 0 Å². The summed E-state index contributed by atoms with van der Waals surface area (Å²) in [5, 5.41) is 3.51. The van der Waals surface area contributed by atoms with E-state index in [0.29, 0.717) is 17.6 Å². The van der Waals surface area contributed by atoms with Gasteiger partial charge in [0.25, 0.3) is 0 Å². The lowest BCUT2D eigenvalue weighted by atomic mass is 9.76. The molecule has 1 atom stereocenters. The number of pyridine rings is 1. The topological polar surface area (TPSA) is 34.2 Å². The van der Waals surface area contributed by atoms with E-state index in [4.69, 9.17) is 4.74 Å². The molecule has 0 aromatic carbocycles. The van der Waals surface area contributed by atoms with Gasteiger partial charge in [-0.1, -0.05) is 20.8 Å². The lowest BCUT2D eigenvalue weighted by molar-refractivity contribution is 0.0948. The molecule has 0 radical (unpaired) electrons. The summed E-state index contributed by atoms with van der Waals surface area (Å²) in [6.07, 6.45) is 8.11. The summed E-state index contributed by atoms with van der Waals surface area (Å²) in [5.74, 6) is 0.780. The molecule has 0 aliphatic heterocycles. The van der Waals surface area contributed by atoms with Crippen LogP contribution in [0.25, 0.3) is 0 Å². The largest absolute Gasteiger partial charge is 0.474 e. The molecule has 3 heteroatoms. The third kappa shape index (κ3) is 4.99. The summed E-state index contributed by atoms with van der Waals surface area (Å²) in [7, 11) is 0. The van der Waals surface area contributed by atoms with E-state index in [1.165, 1.54) is 18.4 Å². The molecule has 1 N–H and O–H groups in total. The standard InChI is InChI=1S/C18H30N2O/c1-5-11-19-14(2)15-8-12-20-17(13-15)21-16-6-9-18(3,4)10-7-16/h8,12-14,16,19H,5-7,9-11H2,1-4H3. The summed E-state index contributed by atoms with van der Waals surface area (Å²) in [6.45, 7) is 10.1. The highest BCUT2D eigenvalue weighted by atomic mass is 16.5. The van der Waals surface area contributed by atoms with Crippen molar-refractivity contribution in [1.29, 1.82) is 0 Å². The van der Waals surface area contributed by atoms with Gasteiger partial charge in [-0.25, -0.2) is 4.98 Å². The lowest BCUT2D eigenvalue weighted by Gasteiger charge is -2.34. The second-order valence-corrected chi connectivity index (χ2v) is 7.08. The van der Waals surface area contributed by atoms with Crippen molar-refractivity contribution in [3.05, 3.63) is 23.9 Å². The van der Waals surface area contributed by atoms with Gasteiger partial charge in [0.05, 0.1) is 0 Å². The maximum absolute atomic E-state index is 6.11. The zero-order chi connectivity index (χ0) is 15.3. The molecule has 3 nitrogen and oxygen atoms in total. The van der Waals surface area contributed by atoms with Crippen molar-refractivity contribution in [2.45, 2.75) is 71.9 Å². The SMILES string of the molecule is CCCNC(C)c1ccnc(OC2CCC(C)(C)CC2)c1. The van der Waals surface area contributed by atoms with Gasteiger partial charge >= 0.3 is 0 Å². The summed E-state index contributed by atoms with van der Waals surface area (Å²) in [5.41, 5.74) is 1.73. The van der Waals surface area contributed by atoms with Gasteiger partial charge in [0.1, 0.15) is 6.10 Å². The van der Waals surface area contributed by atoms with E-state index in [9.17, 15) is 0 Å². The molecule has 1 heterocycles. The van der Waals surface area contributed by atoms with Gasteiger partial charge in [-0.3, -0.25) is 0 Å². The van der Waals surface area contributed by atoms with Crippen molar-refractivity contribution in [3.8, 4) is 5.88 Å². The third-order valence-corrected chi connectivity index (χ3v) is 4.53. The molecule has 0 saturated heterocycles. The summed E-state index contributed by atoms with van der Waals surface area (Å²) >= 11 is 0. The Morgan fingerprint density at radius 1 is 1.38 bits per heavy atom. The molecular weight excluding hydrogens is 260 g/mol. The van der Waals surface area contributed by atoms with E-state index in [1.54, 1.807) is 0 Å². The van der Waals surface area contributed by atoms with Crippen LogP contribution in [0.3, 0.4) is 0 Å². The third-order valence-electron chi connectivity index (χ3n) is 4.53. The number of aromatic nitrogens is 1. The summed E-state index contributed by atoms with van der Waals surface area (Å²) in [4.78, 5) is 4.38. The number of rotatable bonds is 6. The molecule has 2 rings (SSSR count). The normalized spacial score (nSPS) is 20.2. The van der Waals surface area contributed by atoms with Crippen molar-refractivity contribution < 1.29 is 4.74 Å². The van der Waals surface area contributed by atoms with E-state index >= 15 is 0 Å². The Hall–Kier alpha value is -1.09. The minimum atomic E-state index is 0.333. The number of nitrogens with one attached hydrogen (secondary N) is 1. The predicted molar refractivity (Wildman–Crippen MR) is 87.6 cm³/mol. The van der Waals surface area contributed by atoms with Gasteiger partial charge in [0, 0.05) is 18.3 Å². The van der Waals surface area contributed by atoms with Crippen LogP contribution in [0.2, 0.25) is 0 Å². The minimum absolute atomic E-state index is 0.333. The molecule has 1 fully saturated rings. The van der Waals surface area contributed by atoms with Gasteiger partial charge in [0.2, 0.25) is 5.88 Å². The molecule has 1 aromatic rings. The molecular formula is C18H30N2O. The van der Waals surface area contributed by atoms with Gasteiger partial charge in [-0.05, 0) is 62.6 Å². The Kier molecular flexibility index (Phi) is 5.63. The Morgan fingerprint density at radius 2 is 2.10 bits per heavy atom. The van der Waals surface area contributed by atoms with Crippen LogP contribution in [-0.4, -0.2) is 17.6 Å². The molecule has 118 valence electrons. The number of hydrogen-bond acceptors (Lipinski definition) is 3. The number of nitrogens with zero attached hydrogens (tertiary/aromatic N) is 1. The van der Waals surface area contributed by atoms with Crippen LogP contribution in [0, 0.1) is 5.41 Å². The van der Waals surface area contributed by atoms with E-state index < -0.39 is 0 Å². The highest BCUT2D eigenvalue weighted by Crippen LogP contribution is 2.36. The second-order valence-electron chi connectivity index (χ2n) is 7.08. The van der Waals surface area contributed by atoms with Crippen molar-refractivity contribution in [3.63, 3.8) is 0 Å².